The second kappa shape index (κ2) is 10.6. The van der Waals surface area contributed by atoms with Crippen molar-refractivity contribution in [1.82, 2.24) is 9.80 Å². The topological polar surface area (TPSA) is 85.7 Å². The van der Waals surface area contributed by atoms with Crippen LogP contribution in [0.4, 0.5) is 14.9 Å². The number of benzene rings is 2. The van der Waals surface area contributed by atoms with E-state index in [9.17, 15) is 14.0 Å². The molecule has 0 unspecified atom stereocenters. The van der Waals surface area contributed by atoms with Gasteiger partial charge in [0.2, 0.25) is 0 Å². The third kappa shape index (κ3) is 6.71. The number of amides is 2. The maximum atomic E-state index is 13.6. The molecule has 1 saturated heterocycles. The maximum absolute atomic E-state index is 13.6. The summed E-state index contributed by atoms with van der Waals surface area (Å²) in [7, 11) is 0. The first-order chi connectivity index (χ1) is 16.4. The highest BCUT2D eigenvalue weighted by molar-refractivity contribution is 6.31. The lowest BCUT2D eigenvalue weighted by Gasteiger charge is -2.40. The maximum Gasteiger partial charge on any atom is 0.410 e. The zero-order valence-electron chi connectivity index (χ0n) is 20.6. The molecule has 35 heavy (non-hydrogen) atoms. The van der Waals surface area contributed by atoms with Gasteiger partial charge in [0.25, 0.3) is 5.91 Å². The van der Waals surface area contributed by atoms with Crippen molar-refractivity contribution in [3.63, 3.8) is 0 Å². The number of nitrogens with one attached hydrogen (secondary N) is 1. The number of halogens is 2. The quantitative estimate of drug-likeness (QED) is 0.611. The molecule has 2 amide bonds. The van der Waals surface area contributed by atoms with E-state index in [-0.39, 0.29) is 23.3 Å². The molecule has 2 aromatic carbocycles. The number of ether oxygens (including phenoxy) is 1. The molecule has 9 heteroatoms. The molecular weight excluding hydrogens is 471 g/mol. The van der Waals surface area contributed by atoms with Gasteiger partial charge in [-0.1, -0.05) is 11.6 Å². The lowest BCUT2D eigenvalue weighted by atomic mass is 10.0. The van der Waals surface area contributed by atoms with Crippen LogP contribution in [-0.4, -0.2) is 53.1 Å². The summed E-state index contributed by atoms with van der Waals surface area (Å²) >= 11 is 6.36. The Balaban J connectivity index is 1.71. The van der Waals surface area contributed by atoms with Gasteiger partial charge in [-0.25, -0.2) is 9.18 Å². The lowest BCUT2D eigenvalue weighted by Crippen LogP contribution is -2.54. The molecule has 0 saturated carbocycles. The van der Waals surface area contributed by atoms with Crippen LogP contribution in [0.25, 0.3) is 0 Å². The van der Waals surface area contributed by atoms with E-state index < -0.39 is 17.3 Å². The van der Waals surface area contributed by atoms with Gasteiger partial charge >= 0.3 is 6.09 Å². The average molecular weight is 501 g/mol. The Labute approximate surface area is 210 Å². The van der Waals surface area contributed by atoms with Gasteiger partial charge in [-0.15, -0.1) is 0 Å². The summed E-state index contributed by atoms with van der Waals surface area (Å²) in [6.45, 7) is 11.9. The van der Waals surface area contributed by atoms with Crippen molar-refractivity contribution in [2.24, 2.45) is 0 Å². The van der Waals surface area contributed by atoms with Crippen LogP contribution in [0.2, 0.25) is 5.02 Å². The van der Waals surface area contributed by atoms with Crippen LogP contribution in [0.5, 0.6) is 0 Å². The fraction of sp³-hybridized carbons (Fsp3) is 0.423. The summed E-state index contributed by atoms with van der Waals surface area (Å²) < 4.78 is 19.1. The number of rotatable bonds is 4. The van der Waals surface area contributed by atoms with Crippen molar-refractivity contribution in [3.05, 3.63) is 63.4 Å². The van der Waals surface area contributed by atoms with Crippen LogP contribution in [0.3, 0.4) is 0 Å². The van der Waals surface area contributed by atoms with Crippen molar-refractivity contribution in [2.75, 3.05) is 25.0 Å². The van der Waals surface area contributed by atoms with Gasteiger partial charge in [0.05, 0.1) is 5.56 Å². The van der Waals surface area contributed by atoms with Gasteiger partial charge in [-0.3, -0.25) is 9.69 Å². The van der Waals surface area contributed by atoms with Crippen molar-refractivity contribution in [2.45, 2.75) is 52.8 Å². The largest absolute Gasteiger partial charge is 0.444 e. The summed E-state index contributed by atoms with van der Waals surface area (Å²) in [5, 5.41) is 12.3. The Morgan fingerprint density at radius 3 is 2.60 bits per heavy atom. The Kier molecular flexibility index (Phi) is 8.04. The van der Waals surface area contributed by atoms with E-state index in [0.29, 0.717) is 36.9 Å². The van der Waals surface area contributed by atoms with Gasteiger partial charge in [0.1, 0.15) is 17.5 Å². The molecule has 2 aromatic rings. The summed E-state index contributed by atoms with van der Waals surface area (Å²) in [6, 6.07) is 8.89. The van der Waals surface area contributed by atoms with Gasteiger partial charge in [-0.05, 0) is 76.1 Å². The van der Waals surface area contributed by atoms with Gasteiger partial charge in [0, 0.05) is 48.5 Å². The number of piperazine rings is 1. The SMILES string of the molecule is Cc1c(CN2CCN(C(=O)OC(C)(C)C)[C@@H](C)C2)cc(Cl)cc1NC(=O)c1ccc(F)c(C#N)c1. The second-order valence-electron chi connectivity index (χ2n) is 9.76. The van der Waals surface area contributed by atoms with E-state index in [1.807, 2.05) is 40.7 Å². The Morgan fingerprint density at radius 2 is 1.97 bits per heavy atom. The van der Waals surface area contributed by atoms with Crippen LogP contribution in [0, 0.1) is 24.1 Å². The summed E-state index contributed by atoms with van der Waals surface area (Å²) in [5.41, 5.74) is 1.78. The molecule has 1 atom stereocenters. The molecule has 1 N–H and O–H groups in total. The third-order valence-corrected chi connectivity index (χ3v) is 6.03. The fourth-order valence-corrected chi connectivity index (χ4v) is 4.23. The Bertz CT molecular complexity index is 1170. The zero-order chi connectivity index (χ0) is 25.9. The highest BCUT2D eigenvalue weighted by Gasteiger charge is 2.31. The van der Waals surface area contributed by atoms with Crippen LogP contribution < -0.4 is 5.32 Å². The number of nitrogens with zero attached hydrogens (tertiary/aromatic N) is 3. The molecule has 3 rings (SSSR count). The van der Waals surface area contributed by atoms with Crippen LogP contribution in [0.15, 0.2) is 30.3 Å². The van der Waals surface area contributed by atoms with Crippen molar-refractivity contribution < 1.29 is 18.7 Å². The number of carbonyl (C=O) groups excluding carboxylic acids is 2. The molecule has 0 aromatic heterocycles. The van der Waals surface area contributed by atoms with Crippen molar-refractivity contribution in [1.29, 1.82) is 5.26 Å². The van der Waals surface area contributed by atoms with Crippen molar-refractivity contribution >= 4 is 29.3 Å². The minimum Gasteiger partial charge on any atom is -0.444 e. The number of nitriles is 1. The fourth-order valence-electron chi connectivity index (χ4n) is 3.99. The molecule has 1 aliphatic heterocycles. The molecule has 1 fully saturated rings. The minimum atomic E-state index is -0.675. The molecule has 0 radical (unpaired) electrons. The van der Waals surface area contributed by atoms with Crippen LogP contribution in [-0.2, 0) is 11.3 Å². The zero-order valence-corrected chi connectivity index (χ0v) is 21.4. The number of hydrogen-bond donors (Lipinski definition) is 1. The number of carbonyl (C=O) groups is 2. The molecule has 1 aliphatic rings. The molecule has 0 spiro atoms. The monoisotopic (exact) mass is 500 g/mol. The average Bonchev–Trinajstić information content (AvgIpc) is 2.76. The van der Waals surface area contributed by atoms with Gasteiger partial charge < -0.3 is 15.0 Å². The van der Waals surface area contributed by atoms with Gasteiger partial charge in [0.15, 0.2) is 0 Å². The van der Waals surface area contributed by atoms with Crippen LogP contribution in [0.1, 0.15) is 54.7 Å². The first kappa shape index (κ1) is 26.5. The van der Waals surface area contributed by atoms with E-state index in [2.05, 4.69) is 10.2 Å². The summed E-state index contributed by atoms with van der Waals surface area (Å²) in [5.74, 6) is -1.14. The second-order valence-corrected chi connectivity index (χ2v) is 10.2. The number of hydrogen-bond acceptors (Lipinski definition) is 5. The lowest BCUT2D eigenvalue weighted by molar-refractivity contribution is 0.000534. The van der Waals surface area contributed by atoms with E-state index in [4.69, 9.17) is 21.6 Å². The predicted molar refractivity (Wildman–Crippen MR) is 133 cm³/mol. The van der Waals surface area contributed by atoms with E-state index in [1.54, 1.807) is 17.0 Å². The molecule has 186 valence electrons. The van der Waals surface area contributed by atoms with Crippen molar-refractivity contribution in [3.8, 4) is 6.07 Å². The smallest absolute Gasteiger partial charge is 0.410 e. The molecule has 0 aliphatic carbocycles. The molecular formula is C26H30ClFN4O3. The predicted octanol–water partition coefficient (Wildman–Crippen LogP) is 5.35. The molecule has 0 bridgehead atoms. The first-order valence-corrected chi connectivity index (χ1v) is 11.8. The minimum absolute atomic E-state index is 0.0231. The normalized spacial score (nSPS) is 16.5. The van der Waals surface area contributed by atoms with Crippen LogP contribution >= 0.6 is 11.6 Å². The first-order valence-electron chi connectivity index (χ1n) is 11.4. The van der Waals surface area contributed by atoms with E-state index in [1.165, 1.54) is 12.1 Å². The van der Waals surface area contributed by atoms with E-state index in [0.717, 1.165) is 17.2 Å². The standard InChI is InChI=1S/C26H30ClFN4O3/c1-16-14-31(8-9-32(16)25(34)35-26(3,4)5)15-20-11-21(27)12-23(17(20)2)30-24(33)18-6-7-22(28)19(10-18)13-29/h6-7,10-12,16H,8-9,14-15H2,1-5H3,(H,30,33)/t16-/m0/s1. The van der Waals surface area contributed by atoms with Gasteiger partial charge in [-0.2, -0.15) is 5.26 Å². The highest BCUT2D eigenvalue weighted by atomic mass is 35.5. The summed E-state index contributed by atoms with van der Waals surface area (Å²) in [4.78, 5) is 29.2. The highest BCUT2D eigenvalue weighted by Crippen LogP contribution is 2.27. The molecule has 1 heterocycles. The van der Waals surface area contributed by atoms with E-state index >= 15 is 0 Å². The third-order valence-electron chi connectivity index (χ3n) is 5.81. The summed E-state index contributed by atoms with van der Waals surface area (Å²) in [6.07, 6.45) is -0.311. The molecule has 7 nitrogen and oxygen atoms in total. The Morgan fingerprint density at radius 1 is 1.26 bits per heavy atom. The Hall–Kier alpha value is -3.15. The number of anilines is 1.